The Morgan fingerprint density at radius 3 is 1.72 bits per heavy atom. The van der Waals surface area contributed by atoms with Crippen molar-refractivity contribution in [1.29, 1.82) is 0 Å². The quantitative estimate of drug-likeness (QED) is 0.416. The smallest absolute Gasteiger partial charge is 0.152 e. The van der Waals surface area contributed by atoms with Gasteiger partial charge in [-0.2, -0.15) is 0 Å². The first-order chi connectivity index (χ1) is 12.2. The highest BCUT2D eigenvalue weighted by Gasteiger charge is 2.11. The Kier molecular flexibility index (Phi) is 4.53. The largest absolute Gasteiger partial charge is 0.497 e. The van der Waals surface area contributed by atoms with Crippen LogP contribution in [0.3, 0.4) is 0 Å². The van der Waals surface area contributed by atoms with Gasteiger partial charge in [0.1, 0.15) is 5.75 Å². The van der Waals surface area contributed by atoms with E-state index in [9.17, 15) is 0 Å². The Labute approximate surface area is 158 Å². The average Bonchev–Trinajstić information content (AvgIpc) is 3.32. The number of ether oxygens (including phenoxy) is 1. The number of halogens is 1. The number of nitrogens with zero attached hydrogens (tertiary/aromatic N) is 2. The van der Waals surface area contributed by atoms with Gasteiger partial charge in [-0.3, -0.25) is 0 Å². The van der Waals surface area contributed by atoms with E-state index in [1.54, 1.807) is 29.8 Å². The van der Waals surface area contributed by atoms with Crippen molar-refractivity contribution >= 4 is 34.3 Å². The van der Waals surface area contributed by atoms with Gasteiger partial charge in [0.15, 0.2) is 10.0 Å². The molecule has 0 saturated carbocycles. The molecule has 0 fully saturated rings. The number of hydrogen-bond acceptors (Lipinski definition) is 5. The van der Waals surface area contributed by atoms with Crippen molar-refractivity contribution in [2.75, 3.05) is 7.11 Å². The number of hydrogen-bond donors (Lipinski definition) is 0. The third-order valence-electron chi connectivity index (χ3n) is 3.72. The Morgan fingerprint density at radius 1 is 0.760 bits per heavy atom. The van der Waals surface area contributed by atoms with Gasteiger partial charge in [-0.25, -0.2) is 9.97 Å². The van der Waals surface area contributed by atoms with E-state index in [0.717, 1.165) is 43.3 Å². The van der Waals surface area contributed by atoms with Crippen LogP contribution >= 0.6 is 34.3 Å². The van der Waals surface area contributed by atoms with Crippen LogP contribution in [0.15, 0.2) is 59.3 Å². The number of methoxy groups -OCH3 is 1. The molecule has 4 aromatic rings. The van der Waals surface area contributed by atoms with E-state index in [1.165, 1.54) is 0 Å². The number of aromatic nitrogens is 2. The molecule has 0 aliphatic rings. The molecule has 0 unspecified atom stereocenters. The summed E-state index contributed by atoms with van der Waals surface area (Å²) in [6, 6.07) is 15.6. The molecule has 2 heterocycles. The van der Waals surface area contributed by atoms with Gasteiger partial charge >= 0.3 is 0 Å². The lowest BCUT2D eigenvalue weighted by Crippen LogP contribution is -1.83. The van der Waals surface area contributed by atoms with Crippen molar-refractivity contribution in [3.05, 3.63) is 64.3 Å². The van der Waals surface area contributed by atoms with Crippen molar-refractivity contribution < 1.29 is 4.74 Å². The summed E-state index contributed by atoms with van der Waals surface area (Å²) >= 11 is 9.15. The SMILES string of the molecule is COc1ccc(-c2csc(-c3nc(-c4ccc(Cl)cc4)cs3)n2)cc1. The fourth-order valence-corrected chi connectivity index (χ4v) is 4.23. The summed E-state index contributed by atoms with van der Waals surface area (Å²) in [4.78, 5) is 9.45. The van der Waals surface area contributed by atoms with Gasteiger partial charge < -0.3 is 4.74 Å². The van der Waals surface area contributed by atoms with Gasteiger partial charge in [-0.15, -0.1) is 22.7 Å². The van der Waals surface area contributed by atoms with Crippen LogP contribution < -0.4 is 4.74 Å². The molecule has 0 aliphatic heterocycles. The van der Waals surface area contributed by atoms with Crippen LogP contribution in [0.1, 0.15) is 0 Å². The van der Waals surface area contributed by atoms with Crippen LogP contribution in [0.2, 0.25) is 5.02 Å². The van der Waals surface area contributed by atoms with Crippen LogP contribution in [-0.2, 0) is 0 Å². The second kappa shape index (κ2) is 6.96. The van der Waals surface area contributed by atoms with Gasteiger partial charge in [0.25, 0.3) is 0 Å². The summed E-state index contributed by atoms with van der Waals surface area (Å²) in [7, 11) is 1.66. The summed E-state index contributed by atoms with van der Waals surface area (Å²) in [6.07, 6.45) is 0. The van der Waals surface area contributed by atoms with Crippen LogP contribution in [0.4, 0.5) is 0 Å². The first kappa shape index (κ1) is 16.3. The topological polar surface area (TPSA) is 35.0 Å². The summed E-state index contributed by atoms with van der Waals surface area (Å²) in [5, 5.41) is 6.68. The third kappa shape index (κ3) is 3.44. The number of thiazole rings is 2. The van der Waals surface area contributed by atoms with E-state index in [1.807, 2.05) is 53.9 Å². The second-order valence-electron chi connectivity index (χ2n) is 5.31. The number of rotatable bonds is 4. The molecular weight excluding hydrogens is 372 g/mol. The minimum absolute atomic E-state index is 0.725. The van der Waals surface area contributed by atoms with E-state index in [0.29, 0.717) is 0 Å². The first-order valence-electron chi connectivity index (χ1n) is 7.55. The fourth-order valence-electron chi connectivity index (χ4n) is 2.39. The van der Waals surface area contributed by atoms with Crippen LogP contribution in [0.5, 0.6) is 5.75 Å². The van der Waals surface area contributed by atoms with Crippen LogP contribution in [0.25, 0.3) is 32.5 Å². The third-order valence-corrected chi connectivity index (χ3v) is 5.80. The highest BCUT2D eigenvalue weighted by Crippen LogP contribution is 2.33. The maximum atomic E-state index is 5.95. The van der Waals surface area contributed by atoms with Gasteiger partial charge in [-0.05, 0) is 36.4 Å². The van der Waals surface area contributed by atoms with Crippen LogP contribution in [0, 0.1) is 0 Å². The summed E-state index contributed by atoms with van der Waals surface area (Å²) in [5.41, 5.74) is 4.01. The molecule has 0 radical (unpaired) electrons. The molecule has 0 amide bonds. The molecule has 6 heteroatoms. The van der Waals surface area contributed by atoms with Gasteiger partial charge in [-0.1, -0.05) is 23.7 Å². The van der Waals surface area contributed by atoms with E-state index in [-0.39, 0.29) is 0 Å². The molecule has 4 rings (SSSR count). The fraction of sp³-hybridized carbons (Fsp3) is 0.0526. The van der Waals surface area contributed by atoms with Crippen molar-refractivity contribution in [3.63, 3.8) is 0 Å². The highest BCUT2D eigenvalue weighted by atomic mass is 35.5. The van der Waals surface area contributed by atoms with Crippen molar-refractivity contribution in [3.8, 4) is 38.3 Å². The summed E-state index contributed by atoms with van der Waals surface area (Å²) in [5.74, 6) is 0.840. The second-order valence-corrected chi connectivity index (χ2v) is 7.46. The molecule has 0 spiro atoms. The predicted molar refractivity (Wildman–Crippen MR) is 106 cm³/mol. The van der Waals surface area contributed by atoms with Crippen LogP contribution in [-0.4, -0.2) is 17.1 Å². The molecule has 0 atom stereocenters. The molecule has 0 N–H and O–H groups in total. The van der Waals surface area contributed by atoms with Gasteiger partial charge in [0.2, 0.25) is 0 Å². The highest BCUT2D eigenvalue weighted by molar-refractivity contribution is 7.20. The minimum Gasteiger partial charge on any atom is -0.497 e. The molecule has 3 nitrogen and oxygen atoms in total. The monoisotopic (exact) mass is 384 g/mol. The molecule has 0 aliphatic carbocycles. The standard InChI is InChI=1S/C19H13ClN2OS2/c1-23-15-8-4-13(5-9-15)17-11-25-19(22-17)18-21-16(10-24-18)12-2-6-14(20)7-3-12/h2-11H,1H3. The lowest BCUT2D eigenvalue weighted by molar-refractivity contribution is 0.415. The molecule has 25 heavy (non-hydrogen) atoms. The zero-order valence-corrected chi connectivity index (χ0v) is 15.7. The summed E-state index contributed by atoms with van der Waals surface area (Å²) in [6.45, 7) is 0. The maximum Gasteiger partial charge on any atom is 0.152 e. The Morgan fingerprint density at radius 2 is 1.24 bits per heavy atom. The lowest BCUT2D eigenvalue weighted by atomic mass is 10.2. The first-order valence-corrected chi connectivity index (χ1v) is 9.68. The predicted octanol–water partition coefficient (Wildman–Crippen LogP) is 6.26. The zero-order chi connectivity index (χ0) is 17.2. The molecule has 0 saturated heterocycles. The minimum atomic E-state index is 0.725. The van der Waals surface area contributed by atoms with Gasteiger partial charge in [0.05, 0.1) is 18.5 Å². The molecule has 124 valence electrons. The van der Waals surface area contributed by atoms with Crippen molar-refractivity contribution in [1.82, 2.24) is 9.97 Å². The van der Waals surface area contributed by atoms with E-state index in [4.69, 9.17) is 26.3 Å². The zero-order valence-electron chi connectivity index (χ0n) is 13.3. The molecule has 0 bridgehead atoms. The van der Waals surface area contributed by atoms with Gasteiger partial charge in [0, 0.05) is 26.9 Å². The van der Waals surface area contributed by atoms with Crippen molar-refractivity contribution in [2.24, 2.45) is 0 Å². The average molecular weight is 385 g/mol. The summed E-state index contributed by atoms with van der Waals surface area (Å²) < 4.78 is 5.20. The number of benzene rings is 2. The van der Waals surface area contributed by atoms with E-state index < -0.39 is 0 Å². The molecule has 2 aromatic heterocycles. The van der Waals surface area contributed by atoms with E-state index >= 15 is 0 Å². The van der Waals surface area contributed by atoms with Crippen molar-refractivity contribution in [2.45, 2.75) is 0 Å². The maximum absolute atomic E-state index is 5.95. The lowest BCUT2D eigenvalue weighted by Gasteiger charge is -2.00. The normalized spacial score (nSPS) is 10.8. The Balaban J connectivity index is 1.60. The molecular formula is C19H13ClN2OS2. The Hall–Kier alpha value is -2.21. The van der Waals surface area contributed by atoms with E-state index in [2.05, 4.69) is 5.38 Å². The molecule has 2 aromatic carbocycles. The Bertz CT molecular complexity index is 991.